The third-order valence-corrected chi connectivity index (χ3v) is 8.14. The average molecular weight is 565 g/mol. The Morgan fingerprint density at radius 1 is 1.05 bits per heavy atom. The van der Waals surface area contributed by atoms with Crippen LogP contribution < -0.4 is 10.6 Å². The van der Waals surface area contributed by atoms with Crippen LogP contribution in [0.25, 0.3) is 10.8 Å². The first kappa shape index (κ1) is 28.0. The number of piperidine rings is 1. The molecule has 0 aliphatic carbocycles. The Morgan fingerprint density at radius 2 is 1.69 bits per heavy atom. The summed E-state index contributed by atoms with van der Waals surface area (Å²) in [6.07, 6.45) is 0.889. The molecule has 3 rings (SSSR count). The summed E-state index contributed by atoms with van der Waals surface area (Å²) in [5.74, 6) is -1.45. The van der Waals surface area contributed by atoms with E-state index in [4.69, 9.17) is 12.2 Å². The zero-order valence-electron chi connectivity index (χ0n) is 25.2. The Morgan fingerprint density at radius 3 is 2.33 bits per heavy atom. The molecule has 1 heterocycles. The molecule has 0 radical (unpaired) electrons. The maximum absolute atomic E-state index is 12.7. The summed E-state index contributed by atoms with van der Waals surface area (Å²) in [6, 6.07) is 14.3. The maximum atomic E-state index is 12.7. The fraction of sp³-hybridized carbons (Fsp3) is 0.571. The average Bonchev–Trinajstić information content (AvgIpc) is 2.93. The second-order valence-electron chi connectivity index (χ2n) is 9.53. The van der Waals surface area contributed by atoms with Gasteiger partial charge in [-0.3, -0.25) is 14.5 Å². The predicted octanol–water partition coefficient (Wildman–Crippen LogP) is 2.26. The van der Waals surface area contributed by atoms with Crippen molar-refractivity contribution in [3.63, 3.8) is 0 Å². The Labute approximate surface area is 234 Å². The molecule has 2 amide bonds. The zero-order valence-corrected chi connectivity index (χ0v) is 24.0. The van der Waals surface area contributed by atoms with E-state index >= 15 is 0 Å². The second kappa shape index (κ2) is 14.7. The lowest BCUT2D eigenvalue weighted by Crippen LogP contribution is -2.51. The van der Waals surface area contributed by atoms with Gasteiger partial charge >= 0.3 is 0 Å². The standard InChI is InChI=1S/C28H42N4O6S/c1-5-37-28(38-6-2)19-30-26(33)18-29-27(34)20-32(39(4,35)36)23-14-16-31(17-15-23)21(3)24-13-9-11-22-10-7-8-12-25(22)24/h7-13,21,23,28H,5-6,14-20H2,1-4H3,(H,29,34)(H,30,33)/i19D2. The molecule has 11 heteroatoms. The van der Waals surface area contributed by atoms with Crippen LogP contribution in [0.15, 0.2) is 42.5 Å². The van der Waals surface area contributed by atoms with E-state index in [1.54, 1.807) is 13.8 Å². The van der Waals surface area contributed by atoms with E-state index in [2.05, 4.69) is 52.8 Å². The van der Waals surface area contributed by atoms with Crippen molar-refractivity contribution in [2.24, 2.45) is 0 Å². The van der Waals surface area contributed by atoms with Crippen molar-refractivity contribution in [3.05, 3.63) is 48.0 Å². The quantitative estimate of drug-likeness (QED) is 0.338. The molecular formula is C28H42N4O6S. The maximum Gasteiger partial charge on any atom is 0.239 e. The summed E-state index contributed by atoms with van der Waals surface area (Å²) >= 11 is 0. The Bertz CT molecular complexity index is 1280. The molecule has 1 aliphatic heterocycles. The molecule has 1 unspecified atom stereocenters. The molecule has 2 N–H and O–H groups in total. The number of hydrogen-bond donors (Lipinski definition) is 2. The minimum atomic E-state index is -3.71. The van der Waals surface area contributed by atoms with Crippen molar-refractivity contribution in [2.75, 3.05) is 52.1 Å². The fourth-order valence-corrected chi connectivity index (χ4v) is 5.99. The van der Waals surface area contributed by atoms with E-state index in [1.807, 2.05) is 12.1 Å². The van der Waals surface area contributed by atoms with Gasteiger partial charge in [0.15, 0.2) is 6.29 Å². The van der Waals surface area contributed by atoms with E-state index in [0.717, 1.165) is 6.26 Å². The van der Waals surface area contributed by atoms with Gasteiger partial charge in [0.25, 0.3) is 0 Å². The molecule has 216 valence electrons. The monoisotopic (exact) mass is 564 g/mol. The summed E-state index contributed by atoms with van der Waals surface area (Å²) in [7, 11) is -3.71. The molecule has 2 aromatic carbocycles. The van der Waals surface area contributed by atoms with Crippen molar-refractivity contribution in [3.8, 4) is 0 Å². The smallest absolute Gasteiger partial charge is 0.239 e. The van der Waals surface area contributed by atoms with E-state index in [0.29, 0.717) is 25.9 Å². The number of sulfonamides is 1. The van der Waals surface area contributed by atoms with E-state index in [-0.39, 0.29) is 25.3 Å². The second-order valence-corrected chi connectivity index (χ2v) is 11.5. The van der Waals surface area contributed by atoms with Gasteiger partial charge in [-0.15, -0.1) is 0 Å². The molecule has 0 bridgehead atoms. The lowest BCUT2D eigenvalue weighted by atomic mass is 9.96. The number of nitrogens with zero attached hydrogens (tertiary/aromatic N) is 2. The van der Waals surface area contributed by atoms with Gasteiger partial charge in [0.2, 0.25) is 21.8 Å². The molecule has 1 saturated heterocycles. The van der Waals surface area contributed by atoms with Crippen LogP contribution in [0.5, 0.6) is 0 Å². The van der Waals surface area contributed by atoms with Gasteiger partial charge in [0, 0.05) is 38.4 Å². The number of carbonyl (C=O) groups excluding carboxylic acids is 2. The topological polar surface area (TPSA) is 117 Å². The molecule has 2 aromatic rings. The molecule has 1 atom stereocenters. The van der Waals surface area contributed by atoms with Gasteiger partial charge in [-0.1, -0.05) is 42.5 Å². The van der Waals surface area contributed by atoms with E-state index < -0.39 is 47.7 Å². The van der Waals surface area contributed by atoms with Gasteiger partial charge < -0.3 is 20.1 Å². The van der Waals surface area contributed by atoms with Crippen molar-refractivity contribution in [1.82, 2.24) is 19.8 Å². The summed E-state index contributed by atoms with van der Waals surface area (Å²) < 4.78 is 53.0. The van der Waals surface area contributed by atoms with Gasteiger partial charge in [-0.2, -0.15) is 4.31 Å². The van der Waals surface area contributed by atoms with Gasteiger partial charge in [0.1, 0.15) is 0 Å². The molecule has 39 heavy (non-hydrogen) atoms. The van der Waals surface area contributed by atoms with Crippen molar-refractivity contribution < 1.29 is 30.2 Å². The van der Waals surface area contributed by atoms with Crippen LogP contribution in [0, 0.1) is 0 Å². The highest BCUT2D eigenvalue weighted by Crippen LogP contribution is 2.31. The minimum absolute atomic E-state index is 0.141. The Kier molecular flexibility index (Phi) is 10.6. The molecule has 10 nitrogen and oxygen atoms in total. The predicted molar refractivity (Wildman–Crippen MR) is 152 cm³/mol. The van der Waals surface area contributed by atoms with E-state index in [9.17, 15) is 18.0 Å². The summed E-state index contributed by atoms with van der Waals surface area (Å²) in [5, 5.41) is 6.93. The third-order valence-electron chi connectivity index (χ3n) is 6.86. The lowest BCUT2D eigenvalue weighted by Gasteiger charge is -2.39. The lowest BCUT2D eigenvalue weighted by molar-refractivity contribution is -0.140. The number of ether oxygens (including phenoxy) is 2. The molecule has 1 fully saturated rings. The van der Waals surface area contributed by atoms with Crippen LogP contribution >= 0.6 is 0 Å². The number of nitrogens with one attached hydrogen (secondary N) is 2. The Balaban J connectivity index is 1.56. The van der Waals surface area contributed by atoms with Crippen LogP contribution in [0.1, 0.15) is 48.0 Å². The number of likely N-dealkylation sites (tertiary alicyclic amines) is 1. The number of fused-ring (bicyclic) bond motifs is 1. The Hall–Kier alpha value is -2.57. The van der Waals surface area contributed by atoms with Crippen LogP contribution in [0.3, 0.4) is 0 Å². The van der Waals surface area contributed by atoms with Crippen LogP contribution in [0.2, 0.25) is 0 Å². The first-order valence-corrected chi connectivity index (χ1v) is 15.2. The highest BCUT2D eigenvalue weighted by molar-refractivity contribution is 7.88. The molecule has 0 saturated carbocycles. The number of hydrogen-bond acceptors (Lipinski definition) is 7. The first-order valence-electron chi connectivity index (χ1n) is 14.4. The zero-order chi connectivity index (χ0) is 30.2. The number of carbonyl (C=O) groups is 2. The largest absolute Gasteiger partial charge is 0.351 e. The van der Waals surface area contributed by atoms with Crippen molar-refractivity contribution >= 4 is 32.6 Å². The van der Waals surface area contributed by atoms with Crippen molar-refractivity contribution in [2.45, 2.75) is 52.0 Å². The molecule has 0 aromatic heterocycles. The minimum Gasteiger partial charge on any atom is -0.351 e. The first-order chi connectivity index (χ1) is 19.4. The number of amides is 2. The molecule has 0 spiro atoms. The molecule has 1 aliphatic rings. The van der Waals surface area contributed by atoms with E-state index in [1.165, 1.54) is 20.6 Å². The highest BCUT2D eigenvalue weighted by atomic mass is 32.2. The van der Waals surface area contributed by atoms with Crippen LogP contribution in [0.4, 0.5) is 0 Å². The van der Waals surface area contributed by atoms with Crippen LogP contribution in [-0.4, -0.2) is 93.9 Å². The highest BCUT2D eigenvalue weighted by Gasteiger charge is 2.33. The van der Waals surface area contributed by atoms with Gasteiger partial charge in [-0.05, 0) is 49.9 Å². The summed E-state index contributed by atoms with van der Waals surface area (Å²) in [4.78, 5) is 27.4. The van der Waals surface area contributed by atoms with Crippen molar-refractivity contribution in [1.29, 1.82) is 0 Å². The van der Waals surface area contributed by atoms with Crippen LogP contribution in [-0.2, 0) is 29.1 Å². The normalized spacial score (nSPS) is 17.2. The number of rotatable bonds is 14. The van der Waals surface area contributed by atoms with Gasteiger partial charge in [0.05, 0.1) is 28.6 Å². The summed E-state index contributed by atoms with van der Waals surface area (Å²) in [5.41, 5.74) is 1.22. The summed E-state index contributed by atoms with van der Waals surface area (Å²) in [6.45, 7) is 3.91. The fourth-order valence-electron chi connectivity index (χ4n) is 4.88. The molecular weight excluding hydrogens is 520 g/mol. The third kappa shape index (κ3) is 8.97. The SMILES string of the molecule is [2H]C([2H])(NC(=O)CNC(=O)CN(C1CCN(C(C)c2cccc3ccccc23)CC1)S(C)(=O)=O)C(OCC)OCC. The number of benzene rings is 2. The van der Waals surface area contributed by atoms with Gasteiger partial charge in [-0.25, -0.2) is 8.42 Å².